The first kappa shape index (κ1) is 76.1. The molecule has 6 heteroatoms. The van der Waals surface area contributed by atoms with Crippen molar-refractivity contribution in [2.75, 3.05) is 13.2 Å². The van der Waals surface area contributed by atoms with Crippen LogP contribution in [-0.2, 0) is 28.6 Å². The predicted molar refractivity (Wildman–Crippen MR) is 344 cm³/mol. The number of hydrogen-bond acceptors (Lipinski definition) is 6. The van der Waals surface area contributed by atoms with Crippen molar-refractivity contribution in [2.24, 2.45) is 0 Å². The first-order chi connectivity index (χ1) is 39.0. The molecule has 0 aromatic carbocycles. The Hall–Kier alpha value is -2.89. The fourth-order valence-electron chi connectivity index (χ4n) is 10.4. The van der Waals surface area contributed by atoms with Crippen LogP contribution < -0.4 is 0 Å². The maximum Gasteiger partial charge on any atom is 0.306 e. The number of ether oxygens (including phenoxy) is 3. The van der Waals surface area contributed by atoms with Gasteiger partial charge in [0.25, 0.3) is 0 Å². The Labute approximate surface area is 491 Å². The van der Waals surface area contributed by atoms with E-state index in [0.29, 0.717) is 19.3 Å². The van der Waals surface area contributed by atoms with Crippen LogP contribution in [0.1, 0.15) is 367 Å². The maximum atomic E-state index is 13.0. The van der Waals surface area contributed by atoms with Crippen molar-refractivity contribution in [2.45, 2.75) is 374 Å². The van der Waals surface area contributed by atoms with Crippen molar-refractivity contribution in [3.63, 3.8) is 0 Å². The van der Waals surface area contributed by atoms with E-state index in [4.69, 9.17) is 14.2 Å². The van der Waals surface area contributed by atoms with Crippen molar-refractivity contribution in [1.29, 1.82) is 0 Å². The smallest absolute Gasteiger partial charge is 0.306 e. The predicted octanol–water partition coefficient (Wildman–Crippen LogP) is 23.9. The number of rotatable bonds is 64. The van der Waals surface area contributed by atoms with Gasteiger partial charge in [0.1, 0.15) is 13.2 Å². The maximum absolute atomic E-state index is 13.0. The van der Waals surface area contributed by atoms with Gasteiger partial charge in [-0.2, -0.15) is 0 Å². The van der Waals surface area contributed by atoms with Crippen LogP contribution in [0.5, 0.6) is 0 Å². The van der Waals surface area contributed by atoms with Gasteiger partial charge in [-0.1, -0.05) is 345 Å². The second kappa shape index (κ2) is 67.6. The summed E-state index contributed by atoms with van der Waals surface area (Å²) < 4.78 is 17.0. The Kier molecular flexibility index (Phi) is 65.1. The molecule has 0 aliphatic heterocycles. The number of allylic oxidation sites excluding steroid dienone is 10. The lowest BCUT2D eigenvalue weighted by Crippen LogP contribution is -2.30. The molecule has 0 radical (unpaired) electrons. The van der Waals surface area contributed by atoms with Gasteiger partial charge < -0.3 is 14.2 Å². The van der Waals surface area contributed by atoms with Crippen LogP contribution in [0.3, 0.4) is 0 Å². The lowest BCUT2D eigenvalue weighted by atomic mass is 10.0. The second-order valence-electron chi connectivity index (χ2n) is 23.4. The summed E-state index contributed by atoms with van der Waals surface area (Å²) in [5, 5.41) is 0. The van der Waals surface area contributed by atoms with E-state index < -0.39 is 6.10 Å². The molecular weight excluding hydrogens is 973 g/mol. The quantitative estimate of drug-likeness (QED) is 0.0261. The highest BCUT2D eigenvalue weighted by Crippen LogP contribution is 2.18. The molecule has 0 fully saturated rings. The molecule has 0 saturated heterocycles. The minimum Gasteiger partial charge on any atom is -0.462 e. The molecule has 0 saturated carbocycles. The summed E-state index contributed by atoms with van der Waals surface area (Å²) in [6.07, 6.45) is 86.7. The van der Waals surface area contributed by atoms with E-state index in [1.165, 1.54) is 231 Å². The zero-order valence-corrected chi connectivity index (χ0v) is 52.9. The zero-order valence-electron chi connectivity index (χ0n) is 52.9. The van der Waals surface area contributed by atoms with Gasteiger partial charge in [-0.3, -0.25) is 14.4 Å². The van der Waals surface area contributed by atoms with Crippen LogP contribution in [0.25, 0.3) is 0 Å². The van der Waals surface area contributed by atoms with Crippen LogP contribution in [0.2, 0.25) is 0 Å². The van der Waals surface area contributed by atoms with E-state index in [2.05, 4.69) is 81.5 Å². The molecule has 0 aliphatic carbocycles. The van der Waals surface area contributed by atoms with Crippen molar-refractivity contribution < 1.29 is 28.6 Å². The van der Waals surface area contributed by atoms with E-state index in [1.807, 2.05) is 0 Å². The largest absolute Gasteiger partial charge is 0.462 e. The molecule has 0 rings (SSSR count). The van der Waals surface area contributed by atoms with E-state index in [-0.39, 0.29) is 31.1 Å². The number of esters is 3. The minimum atomic E-state index is -0.787. The lowest BCUT2D eigenvalue weighted by Gasteiger charge is -2.18. The number of carbonyl (C=O) groups is 3. The highest BCUT2D eigenvalue weighted by Gasteiger charge is 2.19. The summed E-state index contributed by atoms with van der Waals surface area (Å²) >= 11 is 0. The average molecular weight is 1110 g/mol. The third-order valence-electron chi connectivity index (χ3n) is 15.5. The van der Waals surface area contributed by atoms with E-state index in [0.717, 1.165) is 96.3 Å². The summed E-state index contributed by atoms with van der Waals surface area (Å²) in [6, 6.07) is 0. The van der Waals surface area contributed by atoms with Gasteiger partial charge in [-0.15, -0.1) is 0 Å². The second-order valence-corrected chi connectivity index (χ2v) is 23.4. The van der Waals surface area contributed by atoms with Crippen LogP contribution in [0, 0.1) is 0 Å². The summed E-state index contributed by atoms with van der Waals surface area (Å²) in [5.41, 5.74) is 0. The summed E-state index contributed by atoms with van der Waals surface area (Å²) in [6.45, 7) is 6.57. The van der Waals surface area contributed by atoms with Gasteiger partial charge in [0, 0.05) is 19.3 Å². The van der Waals surface area contributed by atoms with Gasteiger partial charge in [0.05, 0.1) is 0 Å². The molecule has 460 valence electrons. The third-order valence-corrected chi connectivity index (χ3v) is 15.5. The molecule has 0 bridgehead atoms. The standard InChI is InChI=1S/C73H132O6/c1-4-7-10-13-16-19-22-25-28-31-34-36-39-42-45-48-51-54-57-60-63-66-72(75)78-69-70(68-77-71(74)65-62-59-56-53-50-47-44-41-38-33-30-27-24-21-18-15-12-9-6-3)79-73(76)67-64-61-58-55-52-49-46-43-40-37-35-32-29-26-23-20-17-14-11-8-5-2/h9,12,18,21,27,30,38,41,47,50,70H,4-8,10-11,13-17,19-20,22-26,28-29,31-37,39-40,42-46,48-49,51-69H2,1-3H3/b12-9-,21-18-,30-27-,41-38-,50-47-/t70-/m1/s1. The first-order valence-electron chi connectivity index (χ1n) is 34.8. The minimum absolute atomic E-state index is 0.0797. The van der Waals surface area contributed by atoms with Gasteiger partial charge >= 0.3 is 17.9 Å². The number of unbranched alkanes of at least 4 members (excludes halogenated alkanes) is 43. The van der Waals surface area contributed by atoms with E-state index >= 15 is 0 Å². The van der Waals surface area contributed by atoms with Crippen LogP contribution in [0.15, 0.2) is 60.8 Å². The molecule has 79 heavy (non-hydrogen) atoms. The molecule has 0 spiro atoms. The molecule has 0 heterocycles. The molecule has 0 aliphatic rings. The van der Waals surface area contributed by atoms with Gasteiger partial charge in [0.2, 0.25) is 0 Å². The molecule has 0 aromatic rings. The van der Waals surface area contributed by atoms with E-state index in [9.17, 15) is 14.4 Å². The zero-order chi connectivity index (χ0) is 57.1. The normalized spacial score (nSPS) is 12.4. The Morgan fingerprint density at radius 2 is 0.494 bits per heavy atom. The Balaban J connectivity index is 4.37. The summed E-state index contributed by atoms with van der Waals surface area (Å²) in [7, 11) is 0. The Morgan fingerprint density at radius 3 is 0.772 bits per heavy atom. The third kappa shape index (κ3) is 65.8. The van der Waals surface area contributed by atoms with Crippen molar-refractivity contribution in [3.8, 4) is 0 Å². The number of hydrogen-bond donors (Lipinski definition) is 0. The number of carbonyl (C=O) groups excluding carboxylic acids is 3. The molecule has 0 amide bonds. The molecule has 1 atom stereocenters. The highest BCUT2D eigenvalue weighted by atomic mass is 16.6. The monoisotopic (exact) mass is 1110 g/mol. The average Bonchev–Trinajstić information content (AvgIpc) is 3.45. The summed E-state index contributed by atoms with van der Waals surface area (Å²) in [4.78, 5) is 38.5. The molecule has 6 nitrogen and oxygen atoms in total. The van der Waals surface area contributed by atoms with Crippen LogP contribution >= 0.6 is 0 Å². The van der Waals surface area contributed by atoms with Gasteiger partial charge in [0.15, 0.2) is 6.10 Å². The van der Waals surface area contributed by atoms with Gasteiger partial charge in [-0.05, 0) is 64.2 Å². The topological polar surface area (TPSA) is 78.9 Å². The first-order valence-corrected chi connectivity index (χ1v) is 34.8. The van der Waals surface area contributed by atoms with Gasteiger partial charge in [-0.25, -0.2) is 0 Å². The van der Waals surface area contributed by atoms with Crippen molar-refractivity contribution in [1.82, 2.24) is 0 Å². The SMILES string of the molecule is CC/C=C\C/C=C\C/C=C\C/C=C\C/C=C\CCCCCC(=O)OC[C@H](COC(=O)CCCCCCCCCCCCCCCCCCCCCCC)OC(=O)CCCCCCCCCCCCCCCCCCCCCCC. The summed E-state index contributed by atoms with van der Waals surface area (Å²) in [5.74, 6) is -0.887. The fourth-order valence-corrected chi connectivity index (χ4v) is 10.4. The van der Waals surface area contributed by atoms with Crippen LogP contribution in [-0.4, -0.2) is 37.2 Å². The molecular formula is C73H132O6. The highest BCUT2D eigenvalue weighted by molar-refractivity contribution is 5.71. The molecule has 0 aromatic heterocycles. The Bertz CT molecular complexity index is 1410. The van der Waals surface area contributed by atoms with Crippen molar-refractivity contribution >= 4 is 17.9 Å². The lowest BCUT2D eigenvalue weighted by molar-refractivity contribution is -0.167. The fraction of sp³-hybridized carbons (Fsp3) is 0.822. The van der Waals surface area contributed by atoms with E-state index in [1.54, 1.807) is 0 Å². The molecule has 0 N–H and O–H groups in total. The molecule has 0 unspecified atom stereocenters. The van der Waals surface area contributed by atoms with Crippen molar-refractivity contribution in [3.05, 3.63) is 60.8 Å². The van der Waals surface area contributed by atoms with Crippen LogP contribution in [0.4, 0.5) is 0 Å². The Morgan fingerprint density at radius 1 is 0.266 bits per heavy atom.